The highest BCUT2D eigenvalue weighted by molar-refractivity contribution is 5.88. The quantitative estimate of drug-likeness (QED) is 0.335. The summed E-state index contributed by atoms with van der Waals surface area (Å²) in [4.78, 5) is 65.3. The zero-order valence-electron chi connectivity index (χ0n) is 17.1. The lowest BCUT2D eigenvalue weighted by Crippen LogP contribution is -2.45. The maximum Gasteiger partial charge on any atom is 0.333 e. The summed E-state index contributed by atoms with van der Waals surface area (Å²) in [6, 6.07) is -0.640. The Morgan fingerprint density at radius 3 is 2.52 bits per heavy atom. The molecule has 0 spiro atoms. The lowest BCUT2D eigenvalue weighted by Gasteiger charge is -2.24. The molecule has 0 aromatic carbocycles. The third-order valence-electron chi connectivity index (χ3n) is 4.51. The molecule has 29 heavy (non-hydrogen) atoms. The van der Waals surface area contributed by atoms with Crippen LogP contribution in [-0.4, -0.2) is 72.5 Å². The highest BCUT2D eigenvalue weighted by atomic mass is 16.7. The molecule has 0 aromatic rings. The van der Waals surface area contributed by atoms with Gasteiger partial charge in [-0.05, 0) is 6.42 Å². The normalized spacial score (nSPS) is 17.0. The van der Waals surface area contributed by atoms with Gasteiger partial charge in [0.25, 0.3) is 5.91 Å². The molecule has 3 N–H and O–H groups in total. The zero-order chi connectivity index (χ0) is 22.0. The molecule has 0 aliphatic carbocycles. The number of hydrogen-bond donors (Lipinski definition) is 2. The Kier molecular flexibility index (Phi) is 10.1. The second-order valence-corrected chi connectivity index (χ2v) is 6.75. The Bertz CT molecular complexity index is 625. The average molecular weight is 414 g/mol. The standard InChI is InChI=1S/C18H30N4O7/c1-4-13(18(19)27)21-10-12(8-16(21)25)9-20-14(23)6-7-17(26)29-22(11-28-3)15(24)5-2/h12-13H,4-11H2,1-3H3,(H2,19,27)(H,20,23)/t12?,13-/m1/s1. The molecule has 2 atom stereocenters. The maximum atomic E-state index is 12.1. The van der Waals surface area contributed by atoms with Crippen LogP contribution in [0.2, 0.25) is 0 Å². The number of methoxy groups -OCH3 is 1. The Labute approximate surface area is 169 Å². The number of primary amides is 1. The number of ether oxygens (including phenoxy) is 1. The third-order valence-corrected chi connectivity index (χ3v) is 4.51. The van der Waals surface area contributed by atoms with Crippen molar-refractivity contribution >= 4 is 29.6 Å². The highest BCUT2D eigenvalue weighted by Crippen LogP contribution is 2.21. The number of rotatable bonds is 11. The van der Waals surface area contributed by atoms with Gasteiger partial charge < -0.3 is 25.5 Å². The number of nitrogens with one attached hydrogen (secondary N) is 1. The fourth-order valence-electron chi connectivity index (χ4n) is 3.00. The summed E-state index contributed by atoms with van der Waals surface area (Å²) in [5, 5.41) is 3.48. The van der Waals surface area contributed by atoms with E-state index in [9.17, 15) is 24.0 Å². The van der Waals surface area contributed by atoms with Gasteiger partial charge in [-0.15, -0.1) is 5.06 Å². The van der Waals surface area contributed by atoms with Gasteiger partial charge in [0.1, 0.15) is 6.04 Å². The van der Waals surface area contributed by atoms with Gasteiger partial charge in [0.2, 0.25) is 17.7 Å². The number of carbonyl (C=O) groups excluding carboxylic acids is 5. The number of nitrogens with two attached hydrogens (primary N) is 1. The molecule has 1 unspecified atom stereocenters. The molecule has 11 nitrogen and oxygen atoms in total. The molecule has 4 amide bonds. The Morgan fingerprint density at radius 1 is 1.28 bits per heavy atom. The average Bonchev–Trinajstić information content (AvgIpc) is 3.04. The summed E-state index contributed by atoms with van der Waals surface area (Å²) < 4.78 is 4.79. The Hall–Kier alpha value is -2.69. The van der Waals surface area contributed by atoms with Crippen molar-refractivity contribution in [2.75, 3.05) is 26.9 Å². The molecule has 1 heterocycles. The fraction of sp³-hybridized carbons (Fsp3) is 0.722. The van der Waals surface area contributed by atoms with Crippen LogP contribution in [0.5, 0.6) is 0 Å². The molecule has 0 saturated carbocycles. The molecule has 1 aliphatic rings. The van der Waals surface area contributed by atoms with E-state index in [0.29, 0.717) is 13.0 Å². The summed E-state index contributed by atoms with van der Waals surface area (Å²) in [7, 11) is 1.36. The summed E-state index contributed by atoms with van der Waals surface area (Å²) in [5.41, 5.74) is 5.33. The predicted molar refractivity (Wildman–Crippen MR) is 100 cm³/mol. The van der Waals surface area contributed by atoms with Gasteiger partial charge in [-0.3, -0.25) is 19.2 Å². The van der Waals surface area contributed by atoms with Crippen molar-refractivity contribution in [1.29, 1.82) is 0 Å². The molecule has 1 saturated heterocycles. The van der Waals surface area contributed by atoms with Crippen LogP contribution in [0, 0.1) is 5.92 Å². The van der Waals surface area contributed by atoms with E-state index in [0.717, 1.165) is 5.06 Å². The zero-order valence-corrected chi connectivity index (χ0v) is 17.1. The lowest BCUT2D eigenvalue weighted by molar-refractivity contribution is -0.213. The first-order chi connectivity index (χ1) is 13.7. The second-order valence-electron chi connectivity index (χ2n) is 6.75. The summed E-state index contributed by atoms with van der Waals surface area (Å²) in [6.45, 7) is 3.79. The molecule has 0 radical (unpaired) electrons. The van der Waals surface area contributed by atoms with Crippen LogP contribution >= 0.6 is 0 Å². The monoisotopic (exact) mass is 414 g/mol. The summed E-state index contributed by atoms with van der Waals surface area (Å²) >= 11 is 0. The molecule has 1 rings (SSSR count). The first-order valence-electron chi connectivity index (χ1n) is 9.58. The van der Waals surface area contributed by atoms with Gasteiger partial charge in [-0.25, -0.2) is 4.79 Å². The van der Waals surface area contributed by atoms with Crippen LogP contribution in [0.3, 0.4) is 0 Å². The van der Waals surface area contributed by atoms with Gasteiger partial charge in [0.15, 0.2) is 6.73 Å². The van der Waals surface area contributed by atoms with E-state index in [2.05, 4.69) is 5.32 Å². The molecule has 11 heteroatoms. The predicted octanol–water partition coefficient (Wildman–Crippen LogP) is -0.704. The van der Waals surface area contributed by atoms with E-state index in [4.69, 9.17) is 15.3 Å². The first-order valence-corrected chi connectivity index (χ1v) is 9.58. The molecule has 164 valence electrons. The van der Waals surface area contributed by atoms with E-state index in [1.165, 1.54) is 12.0 Å². The first kappa shape index (κ1) is 24.3. The van der Waals surface area contributed by atoms with E-state index in [1.807, 2.05) is 0 Å². The number of hydroxylamine groups is 2. The number of likely N-dealkylation sites (tertiary alicyclic amines) is 1. The second kappa shape index (κ2) is 12.0. The van der Waals surface area contributed by atoms with Gasteiger partial charge in [0, 0.05) is 45.4 Å². The molecule has 1 aliphatic heterocycles. The molecule has 0 aromatic heterocycles. The Balaban J connectivity index is 2.39. The summed E-state index contributed by atoms with van der Waals surface area (Å²) in [5.74, 6) is -2.37. The van der Waals surface area contributed by atoms with Crippen molar-refractivity contribution in [1.82, 2.24) is 15.3 Å². The number of hydrogen-bond acceptors (Lipinski definition) is 7. The minimum atomic E-state index is -0.728. The maximum absolute atomic E-state index is 12.1. The highest BCUT2D eigenvalue weighted by Gasteiger charge is 2.35. The lowest BCUT2D eigenvalue weighted by atomic mass is 10.1. The Morgan fingerprint density at radius 2 is 1.97 bits per heavy atom. The van der Waals surface area contributed by atoms with E-state index < -0.39 is 23.8 Å². The van der Waals surface area contributed by atoms with Crippen molar-refractivity contribution in [2.45, 2.75) is 52.0 Å². The molecule has 1 fully saturated rings. The van der Waals surface area contributed by atoms with E-state index >= 15 is 0 Å². The SMILES string of the molecule is CCC(=O)N(COC)OC(=O)CCC(=O)NCC1CC(=O)N([C@H](CC)C(N)=O)C1. The van der Waals surface area contributed by atoms with E-state index in [1.54, 1.807) is 13.8 Å². The number of nitrogens with zero attached hydrogens (tertiary/aromatic N) is 2. The van der Waals surface area contributed by atoms with Crippen LogP contribution in [-0.2, 0) is 33.5 Å². The molecule has 0 bridgehead atoms. The number of carbonyl (C=O) groups is 5. The smallest absolute Gasteiger partial charge is 0.333 e. The van der Waals surface area contributed by atoms with Crippen molar-refractivity contribution in [3.8, 4) is 0 Å². The van der Waals surface area contributed by atoms with Gasteiger partial charge >= 0.3 is 5.97 Å². The van der Waals surface area contributed by atoms with Crippen LogP contribution in [0.4, 0.5) is 0 Å². The van der Waals surface area contributed by atoms with Crippen molar-refractivity contribution in [3.05, 3.63) is 0 Å². The number of amides is 4. The third kappa shape index (κ3) is 7.68. The van der Waals surface area contributed by atoms with Crippen molar-refractivity contribution < 1.29 is 33.5 Å². The van der Waals surface area contributed by atoms with Gasteiger partial charge in [-0.1, -0.05) is 13.8 Å². The van der Waals surface area contributed by atoms with Gasteiger partial charge in [-0.2, -0.15) is 0 Å². The van der Waals surface area contributed by atoms with Crippen LogP contribution in [0.15, 0.2) is 0 Å². The topological polar surface area (TPSA) is 148 Å². The van der Waals surface area contributed by atoms with Crippen molar-refractivity contribution in [3.63, 3.8) is 0 Å². The van der Waals surface area contributed by atoms with E-state index in [-0.39, 0.29) is 56.7 Å². The molecular formula is C18H30N4O7. The van der Waals surface area contributed by atoms with Crippen molar-refractivity contribution in [2.24, 2.45) is 11.7 Å². The van der Waals surface area contributed by atoms with Crippen LogP contribution in [0.1, 0.15) is 46.0 Å². The van der Waals surface area contributed by atoms with Gasteiger partial charge in [0.05, 0.1) is 6.42 Å². The summed E-state index contributed by atoms with van der Waals surface area (Å²) in [6.07, 6.45) is 0.463. The minimum absolute atomic E-state index is 0.122. The molecular weight excluding hydrogens is 384 g/mol. The minimum Gasteiger partial charge on any atom is -0.368 e. The largest absolute Gasteiger partial charge is 0.368 e. The van der Waals surface area contributed by atoms with Crippen LogP contribution in [0.25, 0.3) is 0 Å². The van der Waals surface area contributed by atoms with Crippen LogP contribution < -0.4 is 11.1 Å². The fourth-order valence-corrected chi connectivity index (χ4v) is 3.00.